The highest BCUT2D eigenvalue weighted by molar-refractivity contribution is 7.89. The molecule has 7 nitrogen and oxygen atoms in total. The predicted molar refractivity (Wildman–Crippen MR) is 103 cm³/mol. The number of hydrogen-bond donors (Lipinski definition) is 0. The van der Waals surface area contributed by atoms with Crippen molar-refractivity contribution in [2.24, 2.45) is 0 Å². The van der Waals surface area contributed by atoms with Crippen LogP contribution in [0.15, 0.2) is 59.5 Å². The molecule has 0 aromatic heterocycles. The van der Waals surface area contributed by atoms with Gasteiger partial charge >= 0.3 is 6.03 Å². The van der Waals surface area contributed by atoms with Crippen LogP contribution in [0.1, 0.15) is 18.5 Å². The summed E-state index contributed by atoms with van der Waals surface area (Å²) in [7, 11) is -3.89. The fourth-order valence-corrected chi connectivity index (χ4v) is 5.24. The number of carbonyl (C=O) groups is 2. The van der Waals surface area contributed by atoms with Crippen molar-refractivity contribution in [1.82, 2.24) is 14.1 Å². The second-order valence-electron chi connectivity index (χ2n) is 7.10. The van der Waals surface area contributed by atoms with Crippen molar-refractivity contribution in [2.75, 3.05) is 19.6 Å². The van der Waals surface area contributed by atoms with E-state index in [1.54, 1.807) is 6.92 Å². The lowest BCUT2D eigenvalue weighted by molar-refractivity contribution is -0.130. The standard InChI is InChI=1S/C20H20FN3O4S/c1-14(15-5-3-2-4-6-15)24-19(25)18-13-22(11-12-23(18)20(24)26)29(27,28)17-9-7-16(21)8-10-17/h2-10,14,18H,11-13H2,1H3. The van der Waals surface area contributed by atoms with Crippen molar-refractivity contribution in [3.63, 3.8) is 0 Å². The molecule has 3 amide bonds. The van der Waals surface area contributed by atoms with E-state index in [0.717, 1.165) is 17.7 Å². The lowest BCUT2D eigenvalue weighted by Gasteiger charge is -2.34. The van der Waals surface area contributed by atoms with Crippen LogP contribution >= 0.6 is 0 Å². The molecule has 4 rings (SSSR count). The van der Waals surface area contributed by atoms with Crippen molar-refractivity contribution in [3.8, 4) is 0 Å². The van der Waals surface area contributed by atoms with E-state index in [9.17, 15) is 22.4 Å². The summed E-state index contributed by atoms with van der Waals surface area (Å²) >= 11 is 0. The van der Waals surface area contributed by atoms with Gasteiger partial charge in [0.15, 0.2) is 0 Å². The second-order valence-corrected chi connectivity index (χ2v) is 9.04. The first-order valence-corrected chi connectivity index (χ1v) is 10.7. The molecule has 2 unspecified atom stereocenters. The van der Waals surface area contributed by atoms with E-state index in [2.05, 4.69) is 0 Å². The quantitative estimate of drug-likeness (QED) is 0.715. The van der Waals surface area contributed by atoms with Crippen LogP contribution in [-0.4, -0.2) is 60.1 Å². The summed E-state index contributed by atoms with van der Waals surface area (Å²) in [4.78, 5) is 28.4. The molecule has 9 heteroatoms. The number of sulfonamides is 1. The van der Waals surface area contributed by atoms with Gasteiger partial charge in [-0.25, -0.2) is 17.6 Å². The highest BCUT2D eigenvalue weighted by atomic mass is 32.2. The molecule has 0 aliphatic carbocycles. The third kappa shape index (κ3) is 3.30. The number of nitrogens with zero attached hydrogens (tertiary/aromatic N) is 3. The van der Waals surface area contributed by atoms with Crippen LogP contribution in [0.3, 0.4) is 0 Å². The average molecular weight is 417 g/mol. The van der Waals surface area contributed by atoms with Gasteiger partial charge < -0.3 is 4.90 Å². The molecular weight excluding hydrogens is 397 g/mol. The smallest absolute Gasteiger partial charge is 0.310 e. The molecular formula is C20H20FN3O4S. The Labute approximate surface area is 168 Å². The Morgan fingerprint density at radius 2 is 1.66 bits per heavy atom. The molecule has 2 atom stereocenters. The molecule has 2 aliphatic heterocycles. The van der Waals surface area contributed by atoms with Crippen molar-refractivity contribution < 1.29 is 22.4 Å². The lowest BCUT2D eigenvalue weighted by Crippen LogP contribution is -2.54. The first-order chi connectivity index (χ1) is 13.8. The number of hydrogen-bond acceptors (Lipinski definition) is 4. The van der Waals surface area contributed by atoms with Crippen molar-refractivity contribution in [3.05, 3.63) is 66.0 Å². The Hall–Kier alpha value is -2.78. The van der Waals surface area contributed by atoms with Crippen LogP contribution in [0.2, 0.25) is 0 Å². The first kappa shape index (κ1) is 19.5. The van der Waals surface area contributed by atoms with Gasteiger partial charge in [0.1, 0.15) is 11.9 Å². The van der Waals surface area contributed by atoms with Crippen LogP contribution in [0, 0.1) is 5.82 Å². The minimum absolute atomic E-state index is 0.0429. The maximum absolute atomic E-state index is 13.1. The topological polar surface area (TPSA) is 78.0 Å². The Bertz CT molecular complexity index is 1040. The first-order valence-electron chi connectivity index (χ1n) is 9.25. The van der Waals surface area contributed by atoms with E-state index in [4.69, 9.17) is 0 Å². The number of amides is 3. The number of imide groups is 1. The molecule has 2 fully saturated rings. The van der Waals surface area contributed by atoms with Gasteiger partial charge in [0.05, 0.1) is 10.9 Å². The Morgan fingerprint density at radius 1 is 1.00 bits per heavy atom. The Balaban J connectivity index is 1.57. The summed E-state index contributed by atoms with van der Waals surface area (Å²) in [6.45, 7) is 1.84. The van der Waals surface area contributed by atoms with Gasteiger partial charge in [-0.3, -0.25) is 9.69 Å². The van der Waals surface area contributed by atoms with E-state index >= 15 is 0 Å². The van der Waals surface area contributed by atoms with Crippen LogP contribution < -0.4 is 0 Å². The number of halogens is 1. The maximum Gasteiger partial charge on any atom is 0.328 e. The van der Waals surface area contributed by atoms with E-state index in [-0.39, 0.29) is 24.5 Å². The van der Waals surface area contributed by atoms with Gasteiger partial charge in [0, 0.05) is 19.6 Å². The molecule has 0 radical (unpaired) electrons. The monoisotopic (exact) mass is 417 g/mol. The predicted octanol–water partition coefficient (Wildman–Crippen LogP) is 2.22. The molecule has 2 aromatic carbocycles. The normalized spacial score (nSPS) is 21.4. The minimum atomic E-state index is -3.89. The van der Waals surface area contributed by atoms with E-state index in [1.165, 1.54) is 26.2 Å². The number of urea groups is 1. The molecule has 2 saturated heterocycles. The van der Waals surface area contributed by atoms with Gasteiger partial charge in [0.2, 0.25) is 10.0 Å². The number of piperazine rings is 1. The summed E-state index contributed by atoms with van der Waals surface area (Å²) in [5, 5.41) is 0. The SMILES string of the molecule is CC(c1ccccc1)N1C(=O)C2CN(S(=O)(=O)c3ccc(F)cc3)CCN2C1=O. The Morgan fingerprint density at radius 3 is 2.31 bits per heavy atom. The van der Waals surface area contributed by atoms with Crippen molar-refractivity contribution in [2.45, 2.75) is 23.9 Å². The number of rotatable bonds is 4. The van der Waals surface area contributed by atoms with Gasteiger partial charge in [-0.1, -0.05) is 30.3 Å². The van der Waals surface area contributed by atoms with Crippen LogP contribution in [0.4, 0.5) is 9.18 Å². The van der Waals surface area contributed by atoms with Crippen molar-refractivity contribution >= 4 is 22.0 Å². The van der Waals surface area contributed by atoms with Gasteiger partial charge in [-0.2, -0.15) is 4.31 Å². The Kier molecular flexibility index (Phi) is 4.87. The van der Waals surface area contributed by atoms with E-state index in [0.29, 0.717) is 0 Å². The third-order valence-electron chi connectivity index (χ3n) is 5.44. The molecule has 0 saturated carbocycles. The number of benzene rings is 2. The summed E-state index contributed by atoms with van der Waals surface area (Å²) in [5.74, 6) is -0.943. The van der Waals surface area contributed by atoms with Crippen molar-refractivity contribution in [1.29, 1.82) is 0 Å². The summed E-state index contributed by atoms with van der Waals surface area (Å²) < 4.78 is 40.1. The third-order valence-corrected chi connectivity index (χ3v) is 7.32. The molecule has 0 spiro atoms. The molecule has 2 heterocycles. The fraction of sp³-hybridized carbons (Fsp3) is 0.300. The highest BCUT2D eigenvalue weighted by Crippen LogP contribution is 2.31. The highest BCUT2D eigenvalue weighted by Gasteiger charge is 2.51. The maximum atomic E-state index is 13.1. The molecule has 152 valence electrons. The summed E-state index contributed by atoms with van der Waals surface area (Å²) in [5.41, 5.74) is 0.824. The molecule has 2 aliphatic rings. The molecule has 0 bridgehead atoms. The number of carbonyl (C=O) groups excluding carboxylic acids is 2. The largest absolute Gasteiger partial charge is 0.328 e. The molecule has 2 aromatic rings. The average Bonchev–Trinajstić information content (AvgIpc) is 2.98. The zero-order valence-electron chi connectivity index (χ0n) is 15.7. The second kappa shape index (κ2) is 7.23. The molecule has 0 N–H and O–H groups in total. The minimum Gasteiger partial charge on any atom is -0.310 e. The zero-order chi connectivity index (χ0) is 20.8. The summed E-state index contributed by atoms with van der Waals surface area (Å²) in [6.07, 6.45) is 0. The van der Waals surface area contributed by atoms with Gasteiger partial charge in [0.25, 0.3) is 5.91 Å². The van der Waals surface area contributed by atoms with E-state index < -0.39 is 39.9 Å². The zero-order valence-corrected chi connectivity index (χ0v) is 16.5. The van der Waals surface area contributed by atoms with Gasteiger partial charge in [-0.05, 0) is 36.8 Å². The fourth-order valence-electron chi connectivity index (χ4n) is 3.80. The van der Waals surface area contributed by atoms with Crippen LogP contribution in [-0.2, 0) is 14.8 Å². The van der Waals surface area contributed by atoms with E-state index in [1.807, 2.05) is 30.3 Å². The molecule has 29 heavy (non-hydrogen) atoms. The lowest BCUT2D eigenvalue weighted by atomic mass is 10.1. The summed E-state index contributed by atoms with van der Waals surface area (Å²) in [6, 6.07) is 12.0. The van der Waals surface area contributed by atoms with Crippen LogP contribution in [0.5, 0.6) is 0 Å². The number of fused-ring (bicyclic) bond motifs is 1. The van der Waals surface area contributed by atoms with Gasteiger partial charge in [-0.15, -0.1) is 0 Å². The van der Waals surface area contributed by atoms with Crippen LogP contribution in [0.25, 0.3) is 0 Å².